The Labute approximate surface area is 148 Å². The number of nitrogens with one attached hydrogen (secondary N) is 1. The molecule has 2 aromatic carbocycles. The van der Waals surface area contributed by atoms with E-state index < -0.39 is 5.91 Å². The SMILES string of the molecule is COc1ccc(OC)c(/C=C(\C#N)C(=O)Nc2ccccc2Br)c1. The third-order valence-electron chi connectivity index (χ3n) is 3.22. The van der Waals surface area contributed by atoms with Gasteiger partial charge in [0.15, 0.2) is 0 Å². The Morgan fingerprint density at radius 3 is 2.58 bits per heavy atom. The molecule has 0 heterocycles. The molecule has 2 rings (SSSR count). The van der Waals surface area contributed by atoms with E-state index in [0.29, 0.717) is 22.7 Å². The summed E-state index contributed by atoms with van der Waals surface area (Å²) >= 11 is 3.35. The van der Waals surface area contributed by atoms with Gasteiger partial charge in [-0.1, -0.05) is 12.1 Å². The molecule has 0 bridgehead atoms. The van der Waals surface area contributed by atoms with Crippen LogP contribution in [-0.2, 0) is 4.79 Å². The molecule has 0 radical (unpaired) electrons. The summed E-state index contributed by atoms with van der Waals surface area (Å²) in [5, 5.41) is 12.0. The van der Waals surface area contributed by atoms with E-state index in [1.807, 2.05) is 12.1 Å². The van der Waals surface area contributed by atoms with Crippen LogP contribution in [-0.4, -0.2) is 20.1 Å². The first-order chi connectivity index (χ1) is 11.6. The first kappa shape index (κ1) is 17.6. The lowest BCUT2D eigenvalue weighted by atomic mass is 10.1. The van der Waals surface area contributed by atoms with Crippen LogP contribution in [0.1, 0.15) is 5.56 Å². The lowest BCUT2D eigenvalue weighted by molar-refractivity contribution is -0.112. The molecular weight excluding hydrogens is 372 g/mol. The number of ether oxygens (including phenoxy) is 2. The van der Waals surface area contributed by atoms with Crippen molar-refractivity contribution in [2.75, 3.05) is 19.5 Å². The number of methoxy groups -OCH3 is 2. The van der Waals surface area contributed by atoms with Gasteiger partial charge >= 0.3 is 0 Å². The van der Waals surface area contributed by atoms with E-state index in [0.717, 1.165) is 4.47 Å². The fraction of sp³-hybridized carbons (Fsp3) is 0.111. The smallest absolute Gasteiger partial charge is 0.266 e. The van der Waals surface area contributed by atoms with Crippen LogP contribution in [0.4, 0.5) is 5.69 Å². The van der Waals surface area contributed by atoms with E-state index >= 15 is 0 Å². The summed E-state index contributed by atoms with van der Waals surface area (Å²) in [7, 11) is 3.06. The van der Waals surface area contributed by atoms with Crippen LogP contribution in [0, 0.1) is 11.3 Å². The fourth-order valence-electron chi connectivity index (χ4n) is 2.01. The van der Waals surface area contributed by atoms with Crippen LogP contribution in [0.2, 0.25) is 0 Å². The molecule has 0 aliphatic carbocycles. The summed E-state index contributed by atoms with van der Waals surface area (Å²) in [5.41, 5.74) is 1.12. The average Bonchev–Trinajstić information content (AvgIpc) is 2.61. The Morgan fingerprint density at radius 2 is 1.96 bits per heavy atom. The van der Waals surface area contributed by atoms with Crippen molar-refractivity contribution in [3.8, 4) is 17.6 Å². The lowest BCUT2D eigenvalue weighted by Gasteiger charge is -2.09. The van der Waals surface area contributed by atoms with Gasteiger partial charge in [0.2, 0.25) is 0 Å². The molecule has 1 amide bonds. The maximum Gasteiger partial charge on any atom is 0.266 e. The number of hydrogen-bond donors (Lipinski definition) is 1. The first-order valence-electron chi connectivity index (χ1n) is 6.98. The Morgan fingerprint density at radius 1 is 1.21 bits per heavy atom. The van der Waals surface area contributed by atoms with Crippen molar-refractivity contribution in [2.45, 2.75) is 0 Å². The van der Waals surface area contributed by atoms with E-state index in [9.17, 15) is 10.1 Å². The maximum atomic E-state index is 12.4. The summed E-state index contributed by atoms with van der Waals surface area (Å²) in [4.78, 5) is 12.4. The van der Waals surface area contributed by atoms with Gasteiger partial charge in [-0.3, -0.25) is 4.79 Å². The minimum atomic E-state index is -0.505. The first-order valence-corrected chi connectivity index (χ1v) is 7.78. The van der Waals surface area contributed by atoms with Gasteiger partial charge in [0.05, 0.1) is 19.9 Å². The highest BCUT2D eigenvalue weighted by Crippen LogP contribution is 2.27. The molecule has 0 saturated heterocycles. The molecule has 0 atom stereocenters. The maximum absolute atomic E-state index is 12.4. The van der Waals surface area contributed by atoms with E-state index in [-0.39, 0.29) is 5.57 Å². The van der Waals surface area contributed by atoms with Crippen molar-refractivity contribution >= 4 is 33.6 Å². The zero-order chi connectivity index (χ0) is 17.5. The normalized spacial score (nSPS) is 10.7. The number of carbonyl (C=O) groups excluding carboxylic acids is 1. The highest BCUT2D eigenvalue weighted by atomic mass is 79.9. The number of halogens is 1. The summed E-state index contributed by atoms with van der Waals surface area (Å²) in [6.45, 7) is 0. The topological polar surface area (TPSA) is 71.3 Å². The summed E-state index contributed by atoms with van der Waals surface area (Å²) in [5.74, 6) is 0.636. The Bertz CT molecular complexity index is 825. The number of rotatable bonds is 5. The molecule has 0 spiro atoms. The van der Waals surface area contributed by atoms with Gasteiger partial charge in [-0.25, -0.2) is 0 Å². The van der Waals surface area contributed by atoms with E-state index in [2.05, 4.69) is 21.2 Å². The van der Waals surface area contributed by atoms with Gasteiger partial charge < -0.3 is 14.8 Å². The standard InChI is InChI=1S/C18H15BrN2O3/c1-23-14-7-8-17(24-2)12(10-14)9-13(11-20)18(22)21-16-6-4-3-5-15(16)19/h3-10H,1-2H3,(H,21,22)/b13-9+. The summed E-state index contributed by atoms with van der Waals surface area (Å²) in [6, 6.07) is 14.2. The Kier molecular flexibility index (Phi) is 5.99. The van der Waals surface area contributed by atoms with E-state index in [1.54, 1.807) is 43.5 Å². The van der Waals surface area contributed by atoms with Crippen molar-refractivity contribution in [2.24, 2.45) is 0 Å². The second-order valence-corrected chi connectivity index (χ2v) is 5.57. The number of anilines is 1. The number of nitrogens with zero attached hydrogens (tertiary/aromatic N) is 1. The number of carbonyl (C=O) groups is 1. The van der Waals surface area contributed by atoms with Gasteiger partial charge in [-0.2, -0.15) is 5.26 Å². The predicted molar refractivity (Wildman–Crippen MR) is 95.9 cm³/mol. The zero-order valence-corrected chi connectivity index (χ0v) is 14.8. The van der Waals surface area contributed by atoms with E-state index in [4.69, 9.17) is 9.47 Å². The predicted octanol–water partition coefficient (Wildman–Crippen LogP) is 4.01. The molecule has 0 unspecified atom stereocenters. The van der Waals surface area contributed by atoms with Crippen molar-refractivity contribution in [1.29, 1.82) is 5.26 Å². The molecule has 0 aromatic heterocycles. The second-order valence-electron chi connectivity index (χ2n) is 4.71. The number of benzene rings is 2. The molecule has 2 aromatic rings. The number of hydrogen-bond acceptors (Lipinski definition) is 4. The Balaban J connectivity index is 2.34. The molecule has 0 saturated carbocycles. The van der Waals surface area contributed by atoms with Crippen LogP contribution in [0.15, 0.2) is 52.5 Å². The third kappa shape index (κ3) is 4.15. The van der Waals surface area contributed by atoms with Crippen LogP contribution >= 0.6 is 15.9 Å². The van der Waals surface area contributed by atoms with E-state index in [1.165, 1.54) is 13.2 Å². The number of para-hydroxylation sites is 1. The fourth-order valence-corrected chi connectivity index (χ4v) is 2.39. The minimum absolute atomic E-state index is 0.0442. The molecule has 0 fully saturated rings. The highest BCUT2D eigenvalue weighted by molar-refractivity contribution is 9.10. The van der Waals surface area contributed by atoms with Crippen molar-refractivity contribution in [1.82, 2.24) is 0 Å². The summed E-state index contributed by atoms with van der Waals surface area (Å²) < 4.78 is 11.2. The van der Waals surface area contributed by atoms with Gasteiger partial charge in [-0.15, -0.1) is 0 Å². The third-order valence-corrected chi connectivity index (χ3v) is 3.92. The molecule has 0 aliphatic heterocycles. The highest BCUT2D eigenvalue weighted by Gasteiger charge is 2.13. The second kappa shape index (κ2) is 8.18. The molecule has 0 aliphatic rings. The Hall–Kier alpha value is -2.78. The molecule has 1 N–H and O–H groups in total. The zero-order valence-electron chi connectivity index (χ0n) is 13.2. The van der Waals surface area contributed by atoms with Gasteiger partial charge in [0.1, 0.15) is 23.1 Å². The molecule has 5 nitrogen and oxygen atoms in total. The quantitative estimate of drug-likeness (QED) is 0.622. The van der Waals surface area contributed by atoms with Gasteiger partial charge in [-0.05, 0) is 52.3 Å². The molecule has 122 valence electrons. The van der Waals surface area contributed by atoms with Crippen LogP contribution < -0.4 is 14.8 Å². The summed E-state index contributed by atoms with van der Waals surface area (Å²) in [6.07, 6.45) is 1.47. The molecule has 24 heavy (non-hydrogen) atoms. The van der Waals surface area contributed by atoms with Crippen LogP contribution in [0.5, 0.6) is 11.5 Å². The largest absolute Gasteiger partial charge is 0.497 e. The van der Waals surface area contributed by atoms with Gasteiger partial charge in [0.25, 0.3) is 5.91 Å². The monoisotopic (exact) mass is 386 g/mol. The van der Waals surface area contributed by atoms with Crippen LogP contribution in [0.3, 0.4) is 0 Å². The molecule has 6 heteroatoms. The average molecular weight is 387 g/mol. The van der Waals surface area contributed by atoms with Crippen molar-refractivity contribution < 1.29 is 14.3 Å². The lowest BCUT2D eigenvalue weighted by Crippen LogP contribution is -2.13. The van der Waals surface area contributed by atoms with Crippen LogP contribution in [0.25, 0.3) is 6.08 Å². The van der Waals surface area contributed by atoms with Crippen molar-refractivity contribution in [3.05, 3.63) is 58.1 Å². The number of amides is 1. The van der Waals surface area contributed by atoms with Crippen molar-refractivity contribution in [3.63, 3.8) is 0 Å². The van der Waals surface area contributed by atoms with Gasteiger partial charge in [0, 0.05) is 10.0 Å². The number of nitriles is 1. The minimum Gasteiger partial charge on any atom is -0.497 e. The molecular formula is C18H15BrN2O3.